The van der Waals surface area contributed by atoms with Crippen LogP contribution in [0.25, 0.3) is 0 Å². The summed E-state index contributed by atoms with van der Waals surface area (Å²) in [6.45, 7) is 0. The lowest BCUT2D eigenvalue weighted by Gasteiger charge is -2.14. The smallest absolute Gasteiger partial charge is 0.419 e. The van der Waals surface area contributed by atoms with Crippen LogP contribution in [0.1, 0.15) is 17.2 Å². The van der Waals surface area contributed by atoms with Crippen molar-refractivity contribution >= 4 is 5.97 Å². The Morgan fingerprint density at radius 1 is 1.47 bits per heavy atom. The second-order valence-corrected chi connectivity index (χ2v) is 3.27. The number of halogens is 3. The van der Waals surface area contributed by atoms with Gasteiger partial charge in [0.05, 0.1) is 12.7 Å². The number of carboxylic acid groups (broad SMARTS) is 1. The number of methoxy groups -OCH3 is 1. The highest BCUT2D eigenvalue weighted by Gasteiger charge is 2.35. The van der Waals surface area contributed by atoms with Crippen LogP contribution in [-0.2, 0) is 11.0 Å². The first kappa shape index (κ1) is 13.3. The number of hydrogen-bond acceptors (Lipinski definition) is 3. The van der Waals surface area contributed by atoms with Crippen molar-refractivity contribution < 1.29 is 27.8 Å². The van der Waals surface area contributed by atoms with Gasteiger partial charge < -0.3 is 15.6 Å². The molecule has 17 heavy (non-hydrogen) atoms. The molecule has 0 saturated carbocycles. The summed E-state index contributed by atoms with van der Waals surface area (Å²) in [5.41, 5.74) is 4.05. The normalized spacial score (nSPS) is 13.2. The number of carbonyl (C=O) groups is 1. The standard InChI is InChI=1S/C10H10F3NO3/c1-17-7-3-2-5(8(14)9(15)16)4-6(7)10(11,12)13/h2-4,8H,14H2,1H3,(H,15,16). The van der Waals surface area contributed by atoms with Crippen molar-refractivity contribution in [1.82, 2.24) is 0 Å². The summed E-state index contributed by atoms with van der Waals surface area (Å²) in [7, 11) is 1.10. The van der Waals surface area contributed by atoms with Crippen molar-refractivity contribution in [2.45, 2.75) is 12.2 Å². The molecule has 0 aliphatic rings. The molecule has 0 heterocycles. The molecule has 0 radical (unpaired) electrons. The van der Waals surface area contributed by atoms with Crippen LogP contribution in [0.2, 0.25) is 0 Å². The van der Waals surface area contributed by atoms with Crippen molar-refractivity contribution in [3.63, 3.8) is 0 Å². The third-order valence-corrected chi connectivity index (χ3v) is 2.15. The van der Waals surface area contributed by atoms with Gasteiger partial charge in [-0.15, -0.1) is 0 Å². The number of nitrogens with two attached hydrogens (primary N) is 1. The van der Waals surface area contributed by atoms with Crippen LogP contribution in [0.5, 0.6) is 5.75 Å². The zero-order valence-corrected chi connectivity index (χ0v) is 8.78. The molecule has 1 unspecified atom stereocenters. The highest BCUT2D eigenvalue weighted by Crippen LogP contribution is 2.37. The number of hydrogen-bond donors (Lipinski definition) is 2. The molecule has 0 aliphatic carbocycles. The van der Waals surface area contributed by atoms with Gasteiger partial charge >= 0.3 is 12.1 Å². The van der Waals surface area contributed by atoms with Gasteiger partial charge in [-0.05, 0) is 17.7 Å². The molecule has 0 saturated heterocycles. The molecule has 7 heteroatoms. The van der Waals surface area contributed by atoms with Gasteiger partial charge in [0.25, 0.3) is 0 Å². The summed E-state index contributed by atoms with van der Waals surface area (Å²) in [6, 6.07) is 1.41. The third-order valence-electron chi connectivity index (χ3n) is 2.15. The lowest BCUT2D eigenvalue weighted by atomic mass is 10.0. The Bertz CT molecular complexity index is 431. The molecule has 0 aliphatic heterocycles. The fraction of sp³-hybridized carbons (Fsp3) is 0.300. The molecule has 0 fully saturated rings. The number of alkyl halides is 3. The van der Waals surface area contributed by atoms with Crippen LogP contribution in [-0.4, -0.2) is 18.2 Å². The van der Waals surface area contributed by atoms with Crippen molar-refractivity contribution in [3.05, 3.63) is 29.3 Å². The Labute approximate surface area is 94.8 Å². The van der Waals surface area contributed by atoms with Gasteiger partial charge in [0, 0.05) is 0 Å². The molecule has 4 nitrogen and oxygen atoms in total. The Morgan fingerprint density at radius 2 is 2.06 bits per heavy atom. The van der Waals surface area contributed by atoms with E-state index in [2.05, 4.69) is 4.74 Å². The fourth-order valence-electron chi connectivity index (χ4n) is 1.28. The molecule has 1 aromatic carbocycles. The van der Waals surface area contributed by atoms with E-state index in [0.29, 0.717) is 6.07 Å². The minimum absolute atomic E-state index is 0.134. The minimum Gasteiger partial charge on any atom is -0.496 e. The molecular formula is C10H10F3NO3. The van der Waals surface area contributed by atoms with Crippen LogP contribution in [0.15, 0.2) is 18.2 Å². The minimum atomic E-state index is -4.63. The predicted molar refractivity (Wildman–Crippen MR) is 52.6 cm³/mol. The molecule has 94 valence electrons. The molecule has 0 bridgehead atoms. The first-order valence-corrected chi connectivity index (χ1v) is 4.51. The Morgan fingerprint density at radius 3 is 2.47 bits per heavy atom. The summed E-state index contributed by atoms with van der Waals surface area (Å²) in [5, 5.41) is 8.62. The van der Waals surface area contributed by atoms with E-state index >= 15 is 0 Å². The second kappa shape index (κ2) is 4.62. The van der Waals surface area contributed by atoms with E-state index in [1.54, 1.807) is 0 Å². The van der Waals surface area contributed by atoms with Crippen molar-refractivity contribution in [2.24, 2.45) is 5.73 Å². The van der Waals surface area contributed by atoms with E-state index in [9.17, 15) is 18.0 Å². The van der Waals surface area contributed by atoms with Gasteiger partial charge in [0.2, 0.25) is 0 Å². The second-order valence-electron chi connectivity index (χ2n) is 3.27. The van der Waals surface area contributed by atoms with Gasteiger partial charge in [0.15, 0.2) is 0 Å². The third kappa shape index (κ3) is 2.88. The number of benzene rings is 1. The number of ether oxygens (including phenoxy) is 1. The highest BCUT2D eigenvalue weighted by molar-refractivity contribution is 5.75. The average molecular weight is 249 g/mol. The maximum atomic E-state index is 12.6. The molecular weight excluding hydrogens is 239 g/mol. The molecule has 0 amide bonds. The molecule has 1 aromatic rings. The van der Waals surface area contributed by atoms with Crippen molar-refractivity contribution in [1.29, 1.82) is 0 Å². The number of aliphatic carboxylic acids is 1. The van der Waals surface area contributed by atoms with Crippen LogP contribution < -0.4 is 10.5 Å². The topological polar surface area (TPSA) is 72.5 Å². The SMILES string of the molecule is COc1ccc(C(N)C(=O)O)cc1C(F)(F)F. The maximum absolute atomic E-state index is 12.6. The summed E-state index contributed by atoms with van der Waals surface area (Å²) >= 11 is 0. The number of carboxylic acids is 1. The van der Waals surface area contributed by atoms with Crippen molar-refractivity contribution in [3.8, 4) is 5.75 Å². The molecule has 3 N–H and O–H groups in total. The van der Waals surface area contributed by atoms with Gasteiger partial charge in [-0.1, -0.05) is 6.07 Å². The summed E-state index contributed by atoms with van der Waals surface area (Å²) < 4.78 is 42.4. The average Bonchev–Trinajstić information content (AvgIpc) is 2.25. The van der Waals surface area contributed by atoms with Crippen LogP contribution in [0, 0.1) is 0 Å². The van der Waals surface area contributed by atoms with E-state index in [-0.39, 0.29) is 11.3 Å². The maximum Gasteiger partial charge on any atom is 0.419 e. The van der Waals surface area contributed by atoms with E-state index in [4.69, 9.17) is 10.8 Å². The monoisotopic (exact) mass is 249 g/mol. The van der Waals surface area contributed by atoms with Gasteiger partial charge in [0.1, 0.15) is 11.8 Å². The first-order valence-electron chi connectivity index (χ1n) is 4.51. The Kier molecular flexibility index (Phi) is 3.62. The molecule has 0 aromatic heterocycles. The van der Waals surface area contributed by atoms with E-state index in [0.717, 1.165) is 13.2 Å². The Balaban J connectivity index is 3.27. The Hall–Kier alpha value is -1.76. The lowest BCUT2D eigenvalue weighted by molar-refractivity contribution is -0.140. The highest BCUT2D eigenvalue weighted by atomic mass is 19.4. The van der Waals surface area contributed by atoms with E-state index < -0.39 is 23.8 Å². The molecule has 0 spiro atoms. The summed E-state index contributed by atoms with van der Waals surface area (Å²) in [4.78, 5) is 10.6. The van der Waals surface area contributed by atoms with Gasteiger partial charge in [-0.2, -0.15) is 13.2 Å². The number of rotatable bonds is 3. The largest absolute Gasteiger partial charge is 0.496 e. The fourth-order valence-corrected chi connectivity index (χ4v) is 1.28. The van der Waals surface area contributed by atoms with Crippen LogP contribution in [0.3, 0.4) is 0 Å². The van der Waals surface area contributed by atoms with E-state index in [1.807, 2.05) is 0 Å². The van der Waals surface area contributed by atoms with Crippen LogP contribution in [0.4, 0.5) is 13.2 Å². The molecule has 1 rings (SSSR count). The van der Waals surface area contributed by atoms with E-state index in [1.165, 1.54) is 6.07 Å². The van der Waals surface area contributed by atoms with Gasteiger partial charge in [-0.25, -0.2) is 0 Å². The zero-order chi connectivity index (χ0) is 13.2. The lowest BCUT2D eigenvalue weighted by Crippen LogP contribution is -2.21. The first-order chi connectivity index (χ1) is 7.77. The zero-order valence-electron chi connectivity index (χ0n) is 8.78. The van der Waals surface area contributed by atoms with Gasteiger partial charge in [-0.3, -0.25) is 4.79 Å². The summed E-state index contributed by atoms with van der Waals surface area (Å²) in [5.74, 6) is -1.78. The summed E-state index contributed by atoms with van der Waals surface area (Å²) in [6.07, 6.45) is -4.63. The van der Waals surface area contributed by atoms with Crippen molar-refractivity contribution in [2.75, 3.05) is 7.11 Å². The quantitative estimate of drug-likeness (QED) is 0.856. The van der Waals surface area contributed by atoms with Crippen LogP contribution >= 0.6 is 0 Å². The molecule has 1 atom stereocenters. The predicted octanol–water partition coefficient (Wildman–Crippen LogP) is 1.80.